The Morgan fingerprint density at radius 2 is 1.92 bits per heavy atom. The van der Waals surface area contributed by atoms with Crippen LogP contribution in [0.15, 0.2) is 0 Å². The van der Waals surface area contributed by atoms with Gasteiger partial charge in [0.05, 0.1) is 6.42 Å². The van der Waals surface area contributed by atoms with Crippen molar-refractivity contribution in [3.05, 3.63) is 0 Å². The van der Waals surface area contributed by atoms with Crippen LogP contribution in [-0.2, 0) is 9.59 Å². The predicted molar refractivity (Wildman–Crippen MR) is 45.9 cm³/mol. The van der Waals surface area contributed by atoms with E-state index < -0.39 is 0 Å². The Kier molecular flexibility index (Phi) is 3.41. The Balaban J connectivity index is 2.34. The first-order valence-corrected chi connectivity index (χ1v) is 4.43. The van der Waals surface area contributed by atoms with Crippen molar-refractivity contribution >= 4 is 11.6 Å². The zero-order valence-corrected chi connectivity index (χ0v) is 7.43. The molecule has 0 unspecified atom stereocenters. The second-order valence-electron chi connectivity index (χ2n) is 3.37. The van der Waals surface area contributed by atoms with Crippen LogP contribution in [0.1, 0.15) is 26.2 Å². The van der Waals surface area contributed by atoms with Gasteiger partial charge in [0, 0.05) is 5.92 Å². The lowest BCUT2D eigenvalue weighted by Crippen LogP contribution is -2.32. The molecule has 68 valence electrons. The van der Waals surface area contributed by atoms with Crippen molar-refractivity contribution in [2.75, 3.05) is 13.1 Å². The maximum absolute atomic E-state index is 11.4. The fourth-order valence-corrected chi connectivity index (χ4v) is 1.53. The Hall–Kier alpha value is -0.700. The molecule has 12 heavy (non-hydrogen) atoms. The summed E-state index contributed by atoms with van der Waals surface area (Å²) in [7, 11) is 0. The first-order chi connectivity index (χ1) is 5.70. The molecule has 1 aliphatic rings. The Bertz CT molecular complexity index is 183. The van der Waals surface area contributed by atoms with Gasteiger partial charge in [-0.1, -0.05) is 0 Å². The minimum absolute atomic E-state index is 0.0152. The van der Waals surface area contributed by atoms with Crippen LogP contribution in [0.25, 0.3) is 0 Å². The lowest BCUT2D eigenvalue weighted by molar-refractivity contribution is -0.128. The van der Waals surface area contributed by atoms with Crippen molar-refractivity contribution < 1.29 is 9.59 Å². The molecular formula is C9H15NO2. The minimum atomic E-state index is -0.0152. The van der Waals surface area contributed by atoms with Crippen molar-refractivity contribution in [2.24, 2.45) is 5.92 Å². The van der Waals surface area contributed by atoms with E-state index in [2.05, 4.69) is 5.32 Å². The van der Waals surface area contributed by atoms with Crippen LogP contribution < -0.4 is 5.32 Å². The molecule has 3 nitrogen and oxygen atoms in total. The van der Waals surface area contributed by atoms with Crippen LogP contribution >= 0.6 is 0 Å². The molecule has 0 aromatic carbocycles. The molecule has 1 fully saturated rings. The number of Topliss-reactive ketones (excluding diaryl/α,β-unsaturated/α-hetero) is 2. The maximum Gasteiger partial charge on any atom is 0.143 e. The van der Waals surface area contributed by atoms with Gasteiger partial charge in [-0.05, 0) is 32.9 Å². The predicted octanol–water partition coefficient (Wildman–Crippen LogP) is 0.534. The van der Waals surface area contributed by atoms with Crippen molar-refractivity contribution in [1.82, 2.24) is 5.32 Å². The fourth-order valence-electron chi connectivity index (χ4n) is 1.53. The van der Waals surface area contributed by atoms with Crippen LogP contribution in [0.5, 0.6) is 0 Å². The van der Waals surface area contributed by atoms with E-state index in [1.165, 1.54) is 6.92 Å². The third-order valence-corrected chi connectivity index (χ3v) is 2.22. The van der Waals surface area contributed by atoms with Gasteiger partial charge in [0.15, 0.2) is 0 Å². The normalized spacial score (nSPS) is 19.1. The third-order valence-electron chi connectivity index (χ3n) is 2.22. The highest BCUT2D eigenvalue weighted by molar-refractivity contribution is 5.99. The standard InChI is InChI=1S/C9H15NO2/c1-7(11)6-9(12)8-2-4-10-5-3-8/h8,10H,2-6H2,1H3. The van der Waals surface area contributed by atoms with Crippen LogP contribution in [0.3, 0.4) is 0 Å². The number of piperidine rings is 1. The topological polar surface area (TPSA) is 46.2 Å². The number of ketones is 2. The van der Waals surface area contributed by atoms with E-state index in [-0.39, 0.29) is 23.9 Å². The molecule has 0 aromatic heterocycles. The minimum Gasteiger partial charge on any atom is -0.317 e. The second kappa shape index (κ2) is 4.36. The maximum atomic E-state index is 11.4. The number of rotatable bonds is 3. The molecule has 1 N–H and O–H groups in total. The summed E-state index contributed by atoms with van der Waals surface area (Å²) in [6.45, 7) is 3.29. The molecule has 1 aliphatic heterocycles. The summed E-state index contributed by atoms with van der Waals surface area (Å²) < 4.78 is 0. The van der Waals surface area contributed by atoms with Crippen molar-refractivity contribution in [3.8, 4) is 0 Å². The number of hydrogen-bond acceptors (Lipinski definition) is 3. The number of hydrogen-bond donors (Lipinski definition) is 1. The highest BCUT2D eigenvalue weighted by Crippen LogP contribution is 2.14. The van der Waals surface area contributed by atoms with E-state index in [1.807, 2.05) is 0 Å². The van der Waals surface area contributed by atoms with E-state index in [0.29, 0.717) is 0 Å². The highest BCUT2D eigenvalue weighted by atomic mass is 16.1. The number of nitrogens with one attached hydrogen (secondary N) is 1. The van der Waals surface area contributed by atoms with E-state index in [1.54, 1.807) is 0 Å². The molecule has 0 saturated carbocycles. The zero-order valence-electron chi connectivity index (χ0n) is 7.43. The van der Waals surface area contributed by atoms with Crippen molar-refractivity contribution in [2.45, 2.75) is 26.2 Å². The summed E-state index contributed by atoms with van der Waals surface area (Å²) in [4.78, 5) is 22.0. The van der Waals surface area contributed by atoms with Crippen molar-refractivity contribution in [1.29, 1.82) is 0 Å². The van der Waals surface area contributed by atoms with E-state index in [4.69, 9.17) is 0 Å². The number of carbonyl (C=O) groups is 2. The van der Waals surface area contributed by atoms with Gasteiger partial charge < -0.3 is 5.32 Å². The Labute approximate surface area is 72.5 Å². The molecule has 0 aromatic rings. The monoisotopic (exact) mass is 169 g/mol. The van der Waals surface area contributed by atoms with Crippen molar-refractivity contribution in [3.63, 3.8) is 0 Å². The van der Waals surface area contributed by atoms with Gasteiger partial charge in [-0.3, -0.25) is 9.59 Å². The van der Waals surface area contributed by atoms with Gasteiger partial charge in [-0.25, -0.2) is 0 Å². The third kappa shape index (κ3) is 2.74. The lowest BCUT2D eigenvalue weighted by Gasteiger charge is -2.20. The summed E-state index contributed by atoms with van der Waals surface area (Å²) in [5, 5.41) is 3.19. The summed E-state index contributed by atoms with van der Waals surface area (Å²) in [6, 6.07) is 0. The van der Waals surface area contributed by atoms with E-state index in [0.717, 1.165) is 25.9 Å². The SMILES string of the molecule is CC(=O)CC(=O)C1CCNCC1. The first-order valence-electron chi connectivity index (χ1n) is 4.43. The molecular weight excluding hydrogens is 154 g/mol. The van der Waals surface area contributed by atoms with Gasteiger partial charge in [0.1, 0.15) is 11.6 Å². The number of carbonyl (C=O) groups excluding carboxylic acids is 2. The summed E-state index contributed by atoms with van der Waals surface area (Å²) in [5.74, 6) is 0.248. The average Bonchev–Trinajstić information content (AvgIpc) is 2.05. The van der Waals surface area contributed by atoms with Crippen LogP contribution in [0, 0.1) is 5.92 Å². The van der Waals surface area contributed by atoms with Gasteiger partial charge in [-0.2, -0.15) is 0 Å². The van der Waals surface area contributed by atoms with Gasteiger partial charge >= 0.3 is 0 Å². The zero-order chi connectivity index (χ0) is 8.97. The molecule has 0 atom stereocenters. The molecule has 0 radical (unpaired) electrons. The molecule has 0 amide bonds. The largest absolute Gasteiger partial charge is 0.317 e. The van der Waals surface area contributed by atoms with Gasteiger partial charge in [0.25, 0.3) is 0 Å². The van der Waals surface area contributed by atoms with Gasteiger partial charge in [0.2, 0.25) is 0 Å². The average molecular weight is 169 g/mol. The summed E-state index contributed by atoms with van der Waals surface area (Å²) in [5.41, 5.74) is 0. The second-order valence-corrected chi connectivity index (χ2v) is 3.37. The van der Waals surface area contributed by atoms with Crippen LogP contribution in [-0.4, -0.2) is 24.7 Å². The summed E-state index contributed by atoms with van der Waals surface area (Å²) in [6.07, 6.45) is 1.92. The quantitative estimate of drug-likeness (QED) is 0.627. The molecule has 1 rings (SSSR count). The highest BCUT2D eigenvalue weighted by Gasteiger charge is 2.21. The Morgan fingerprint density at radius 1 is 1.33 bits per heavy atom. The fraction of sp³-hybridized carbons (Fsp3) is 0.778. The molecule has 3 heteroatoms. The van der Waals surface area contributed by atoms with E-state index >= 15 is 0 Å². The lowest BCUT2D eigenvalue weighted by atomic mass is 9.91. The van der Waals surface area contributed by atoms with Crippen LogP contribution in [0.4, 0.5) is 0 Å². The van der Waals surface area contributed by atoms with Gasteiger partial charge in [-0.15, -0.1) is 0 Å². The van der Waals surface area contributed by atoms with E-state index in [9.17, 15) is 9.59 Å². The molecule has 0 aliphatic carbocycles. The van der Waals surface area contributed by atoms with Crippen LogP contribution in [0.2, 0.25) is 0 Å². The molecule has 1 heterocycles. The smallest absolute Gasteiger partial charge is 0.143 e. The molecule has 1 saturated heterocycles. The molecule has 0 spiro atoms. The molecule has 0 bridgehead atoms. The summed E-state index contributed by atoms with van der Waals surface area (Å²) >= 11 is 0. The first kappa shape index (κ1) is 9.39. The Morgan fingerprint density at radius 3 is 2.42 bits per heavy atom.